The zero-order valence-corrected chi connectivity index (χ0v) is 9.27. The van der Waals surface area contributed by atoms with E-state index < -0.39 is 0 Å². The van der Waals surface area contributed by atoms with Gasteiger partial charge >= 0.3 is 0 Å². The molecule has 3 heteroatoms. The molecule has 0 atom stereocenters. The van der Waals surface area contributed by atoms with Crippen LogP contribution in [-0.2, 0) is 11.3 Å². The number of aldehydes is 1. The summed E-state index contributed by atoms with van der Waals surface area (Å²) < 4.78 is 5.00. The molecule has 0 amide bonds. The number of carbonyl (C=O) groups excluding carboxylic acids is 1. The molecule has 0 radical (unpaired) electrons. The lowest BCUT2D eigenvalue weighted by molar-refractivity contribution is 0.112. The predicted molar refractivity (Wildman–Crippen MR) is 60.0 cm³/mol. The second-order valence-electron chi connectivity index (χ2n) is 3.59. The first kappa shape index (κ1) is 11.9. The molecule has 0 aliphatic heterocycles. The second kappa shape index (κ2) is 6.32. The summed E-state index contributed by atoms with van der Waals surface area (Å²) in [7, 11) is 3.73. The van der Waals surface area contributed by atoms with Gasteiger partial charge in [0.2, 0.25) is 0 Å². The first-order chi connectivity index (χ1) is 7.26. The Labute approximate surface area is 90.7 Å². The lowest BCUT2D eigenvalue weighted by Crippen LogP contribution is -2.22. The van der Waals surface area contributed by atoms with Crippen molar-refractivity contribution < 1.29 is 9.53 Å². The Morgan fingerprint density at radius 3 is 2.93 bits per heavy atom. The van der Waals surface area contributed by atoms with Crippen molar-refractivity contribution in [2.24, 2.45) is 0 Å². The van der Waals surface area contributed by atoms with Gasteiger partial charge in [0.15, 0.2) is 0 Å². The van der Waals surface area contributed by atoms with Crippen LogP contribution < -0.4 is 0 Å². The van der Waals surface area contributed by atoms with Gasteiger partial charge in [-0.2, -0.15) is 0 Å². The number of likely N-dealkylation sites (N-methyl/N-ethyl adjacent to an activating group) is 1. The van der Waals surface area contributed by atoms with Crippen molar-refractivity contribution >= 4 is 6.29 Å². The monoisotopic (exact) mass is 207 g/mol. The van der Waals surface area contributed by atoms with E-state index in [0.717, 1.165) is 37.1 Å². The van der Waals surface area contributed by atoms with Crippen LogP contribution in [0.2, 0.25) is 0 Å². The molecule has 0 spiro atoms. The van der Waals surface area contributed by atoms with Crippen LogP contribution in [0.15, 0.2) is 24.3 Å². The Balaban J connectivity index is 2.52. The molecule has 1 aromatic rings. The number of nitrogens with zero attached hydrogens (tertiary/aromatic N) is 1. The van der Waals surface area contributed by atoms with E-state index in [1.165, 1.54) is 0 Å². The fourth-order valence-electron chi connectivity index (χ4n) is 1.40. The number of carbonyl (C=O) groups is 1. The summed E-state index contributed by atoms with van der Waals surface area (Å²) in [5, 5.41) is 0. The van der Waals surface area contributed by atoms with E-state index in [1.807, 2.05) is 31.3 Å². The Morgan fingerprint density at radius 1 is 1.47 bits per heavy atom. The van der Waals surface area contributed by atoms with Crippen LogP contribution >= 0.6 is 0 Å². The Morgan fingerprint density at radius 2 is 2.27 bits per heavy atom. The Kier molecular flexibility index (Phi) is 5.01. The predicted octanol–water partition coefficient (Wildman–Crippen LogP) is 1.58. The summed E-state index contributed by atoms with van der Waals surface area (Å²) in [5.41, 5.74) is 1.88. The van der Waals surface area contributed by atoms with E-state index >= 15 is 0 Å². The van der Waals surface area contributed by atoms with E-state index in [-0.39, 0.29) is 0 Å². The van der Waals surface area contributed by atoms with Gasteiger partial charge in [0, 0.05) is 25.8 Å². The Bertz CT molecular complexity index is 312. The molecule has 0 aliphatic carbocycles. The topological polar surface area (TPSA) is 29.5 Å². The summed E-state index contributed by atoms with van der Waals surface area (Å²) in [4.78, 5) is 12.7. The molecule has 0 aliphatic rings. The number of methoxy groups -OCH3 is 1. The normalized spacial score (nSPS) is 10.6. The molecule has 0 bridgehead atoms. The molecule has 0 saturated heterocycles. The molecule has 0 aromatic heterocycles. The van der Waals surface area contributed by atoms with Crippen molar-refractivity contribution in [1.82, 2.24) is 4.90 Å². The molecule has 3 nitrogen and oxygen atoms in total. The number of benzene rings is 1. The molecule has 0 heterocycles. The van der Waals surface area contributed by atoms with E-state index in [0.29, 0.717) is 0 Å². The van der Waals surface area contributed by atoms with Crippen molar-refractivity contribution in [3.05, 3.63) is 35.4 Å². The molecule has 15 heavy (non-hydrogen) atoms. The molecule has 1 aromatic carbocycles. The highest BCUT2D eigenvalue weighted by molar-refractivity contribution is 5.74. The molecule has 0 fully saturated rings. The average molecular weight is 207 g/mol. The third kappa shape index (κ3) is 4.23. The van der Waals surface area contributed by atoms with E-state index in [1.54, 1.807) is 7.11 Å². The molecule has 0 saturated carbocycles. The molecule has 0 unspecified atom stereocenters. The SMILES string of the molecule is COCCN(C)Cc1cccc(C=O)c1. The molecular weight excluding hydrogens is 190 g/mol. The largest absolute Gasteiger partial charge is 0.383 e. The quantitative estimate of drug-likeness (QED) is 0.663. The minimum Gasteiger partial charge on any atom is -0.383 e. The van der Waals surface area contributed by atoms with E-state index in [9.17, 15) is 4.79 Å². The smallest absolute Gasteiger partial charge is 0.150 e. The molecular formula is C12H17NO2. The van der Waals surface area contributed by atoms with Gasteiger partial charge in [-0.25, -0.2) is 0 Å². The minimum atomic E-state index is 0.726. The van der Waals surface area contributed by atoms with Crippen molar-refractivity contribution in [2.45, 2.75) is 6.54 Å². The lowest BCUT2D eigenvalue weighted by atomic mass is 10.1. The van der Waals surface area contributed by atoms with Gasteiger partial charge < -0.3 is 4.74 Å². The number of hydrogen-bond donors (Lipinski definition) is 0. The number of ether oxygens (including phenoxy) is 1. The van der Waals surface area contributed by atoms with E-state index in [2.05, 4.69) is 4.90 Å². The third-order valence-electron chi connectivity index (χ3n) is 2.22. The van der Waals surface area contributed by atoms with Crippen LogP contribution in [0.5, 0.6) is 0 Å². The second-order valence-corrected chi connectivity index (χ2v) is 3.59. The summed E-state index contributed by atoms with van der Waals surface area (Å²) in [5.74, 6) is 0. The number of hydrogen-bond acceptors (Lipinski definition) is 3. The summed E-state index contributed by atoms with van der Waals surface area (Å²) >= 11 is 0. The zero-order chi connectivity index (χ0) is 11.1. The van der Waals surface area contributed by atoms with Crippen LogP contribution in [0.25, 0.3) is 0 Å². The minimum absolute atomic E-state index is 0.726. The van der Waals surface area contributed by atoms with Gasteiger partial charge in [-0.1, -0.05) is 18.2 Å². The molecule has 0 N–H and O–H groups in total. The highest BCUT2D eigenvalue weighted by Gasteiger charge is 2.00. The van der Waals surface area contributed by atoms with Crippen molar-refractivity contribution in [2.75, 3.05) is 27.3 Å². The summed E-state index contributed by atoms with van der Waals surface area (Å²) in [6.07, 6.45) is 0.874. The van der Waals surface area contributed by atoms with Gasteiger partial charge in [-0.3, -0.25) is 9.69 Å². The van der Waals surface area contributed by atoms with Crippen LogP contribution in [0.3, 0.4) is 0 Å². The zero-order valence-electron chi connectivity index (χ0n) is 9.27. The van der Waals surface area contributed by atoms with Gasteiger partial charge in [-0.15, -0.1) is 0 Å². The fraction of sp³-hybridized carbons (Fsp3) is 0.417. The average Bonchev–Trinajstić information content (AvgIpc) is 2.26. The third-order valence-corrected chi connectivity index (χ3v) is 2.22. The first-order valence-electron chi connectivity index (χ1n) is 4.98. The lowest BCUT2D eigenvalue weighted by Gasteiger charge is -2.15. The highest BCUT2D eigenvalue weighted by atomic mass is 16.5. The maximum atomic E-state index is 10.6. The Hall–Kier alpha value is -1.19. The van der Waals surface area contributed by atoms with Crippen LogP contribution in [0, 0.1) is 0 Å². The summed E-state index contributed by atoms with van der Waals surface area (Å²) in [6.45, 7) is 2.46. The van der Waals surface area contributed by atoms with Crippen molar-refractivity contribution in [3.8, 4) is 0 Å². The molecule has 1 rings (SSSR count). The van der Waals surface area contributed by atoms with Gasteiger partial charge in [0.05, 0.1) is 6.61 Å². The van der Waals surface area contributed by atoms with Gasteiger partial charge in [-0.05, 0) is 18.7 Å². The molecule has 82 valence electrons. The van der Waals surface area contributed by atoms with Gasteiger partial charge in [0.1, 0.15) is 6.29 Å². The summed E-state index contributed by atoms with van der Waals surface area (Å²) in [6, 6.07) is 7.65. The van der Waals surface area contributed by atoms with Crippen LogP contribution in [0.4, 0.5) is 0 Å². The first-order valence-corrected chi connectivity index (χ1v) is 4.98. The number of rotatable bonds is 6. The van der Waals surface area contributed by atoms with Crippen LogP contribution in [-0.4, -0.2) is 38.5 Å². The van der Waals surface area contributed by atoms with E-state index in [4.69, 9.17) is 4.74 Å². The fourth-order valence-corrected chi connectivity index (χ4v) is 1.40. The highest BCUT2D eigenvalue weighted by Crippen LogP contribution is 2.05. The van der Waals surface area contributed by atoms with Crippen molar-refractivity contribution in [1.29, 1.82) is 0 Å². The maximum Gasteiger partial charge on any atom is 0.150 e. The van der Waals surface area contributed by atoms with Crippen LogP contribution in [0.1, 0.15) is 15.9 Å². The maximum absolute atomic E-state index is 10.6. The van der Waals surface area contributed by atoms with Gasteiger partial charge in [0.25, 0.3) is 0 Å². The standard InChI is InChI=1S/C12H17NO2/c1-13(6-7-15-2)9-11-4-3-5-12(8-11)10-14/h3-5,8,10H,6-7,9H2,1-2H3. The van der Waals surface area contributed by atoms with Crippen molar-refractivity contribution in [3.63, 3.8) is 0 Å².